The highest BCUT2D eigenvalue weighted by molar-refractivity contribution is 5.60. The molecule has 1 aliphatic rings. The molecular formula is C27H39FN2O. The van der Waals surface area contributed by atoms with E-state index in [1.807, 2.05) is 12.1 Å². The summed E-state index contributed by atoms with van der Waals surface area (Å²) in [5.41, 5.74) is 2.14. The molecule has 0 radical (unpaired) electrons. The topological polar surface area (TPSA) is 35.0 Å². The summed E-state index contributed by atoms with van der Waals surface area (Å²) >= 11 is 0. The molecule has 0 unspecified atom stereocenters. The Balaban J connectivity index is 1.46. The van der Waals surface area contributed by atoms with Gasteiger partial charge in [-0.15, -0.1) is 10.2 Å². The van der Waals surface area contributed by atoms with Gasteiger partial charge in [0.15, 0.2) is 0 Å². The largest absolute Gasteiger partial charge is 0.477 e. The Bertz CT molecular complexity index is 769. The van der Waals surface area contributed by atoms with Gasteiger partial charge in [-0.05, 0) is 54.9 Å². The molecule has 2 aromatic rings. The molecule has 4 heteroatoms. The average Bonchev–Trinajstić information content (AvgIpc) is 2.80. The van der Waals surface area contributed by atoms with Crippen molar-refractivity contribution >= 4 is 0 Å². The third-order valence-electron chi connectivity index (χ3n) is 6.72. The van der Waals surface area contributed by atoms with E-state index in [4.69, 9.17) is 4.74 Å². The van der Waals surface area contributed by atoms with E-state index in [9.17, 15) is 4.39 Å². The average molecular weight is 427 g/mol. The van der Waals surface area contributed by atoms with Gasteiger partial charge in [0.05, 0.1) is 12.3 Å². The summed E-state index contributed by atoms with van der Waals surface area (Å²) in [6, 6.07) is 9.12. The van der Waals surface area contributed by atoms with Crippen LogP contribution in [0.15, 0.2) is 30.3 Å². The molecule has 31 heavy (non-hydrogen) atoms. The van der Waals surface area contributed by atoms with Gasteiger partial charge in [0, 0.05) is 11.6 Å². The Morgan fingerprint density at radius 2 is 1.61 bits per heavy atom. The van der Waals surface area contributed by atoms with E-state index in [0.29, 0.717) is 23.7 Å². The van der Waals surface area contributed by atoms with Gasteiger partial charge in [-0.3, -0.25) is 0 Å². The monoisotopic (exact) mass is 426 g/mol. The first-order valence-corrected chi connectivity index (χ1v) is 12.4. The summed E-state index contributed by atoms with van der Waals surface area (Å²) in [4.78, 5) is 0. The van der Waals surface area contributed by atoms with Crippen molar-refractivity contribution in [1.82, 2.24) is 10.2 Å². The normalized spacial score (nSPS) is 18.8. The van der Waals surface area contributed by atoms with Crippen molar-refractivity contribution < 1.29 is 9.13 Å². The van der Waals surface area contributed by atoms with Crippen LogP contribution in [0, 0.1) is 17.7 Å². The van der Waals surface area contributed by atoms with E-state index in [1.165, 1.54) is 57.8 Å². The second-order valence-electron chi connectivity index (χ2n) is 9.19. The molecule has 1 saturated carbocycles. The molecule has 0 N–H and O–H groups in total. The SMILES string of the molecule is CCCCCC1CCC(CCc2ccc(-c3ccc(OCCCC)nn3)c(F)c2)CC1. The van der Waals surface area contributed by atoms with Crippen LogP contribution in [0.1, 0.15) is 90.0 Å². The van der Waals surface area contributed by atoms with Gasteiger partial charge < -0.3 is 4.74 Å². The van der Waals surface area contributed by atoms with Gasteiger partial charge in [0.1, 0.15) is 5.82 Å². The van der Waals surface area contributed by atoms with Crippen molar-refractivity contribution in [3.05, 3.63) is 41.7 Å². The fourth-order valence-electron chi connectivity index (χ4n) is 4.65. The molecule has 1 aromatic heterocycles. The molecule has 170 valence electrons. The fourth-order valence-corrected chi connectivity index (χ4v) is 4.65. The molecule has 1 aliphatic carbocycles. The Morgan fingerprint density at radius 3 is 2.26 bits per heavy atom. The smallest absolute Gasteiger partial charge is 0.233 e. The lowest BCUT2D eigenvalue weighted by molar-refractivity contribution is 0.249. The summed E-state index contributed by atoms with van der Waals surface area (Å²) in [7, 11) is 0. The van der Waals surface area contributed by atoms with Crippen LogP contribution in [0.2, 0.25) is 0 Å². The second kappa shape index (κ2) is 12.8. The molecule has 0 bridgehead atoms. The van der Waals surface area contributed by atoms with Crippen molar-refractivity contribution in [3.8, 4) is 17.1 Å². The van der Waals surface area contributed by atoms with Crippen LogP contribution in [-0.2, 0) is 6.42 Å². The minimum atomic E-state index is -0.217. The van der Waals surface area contributed by atoms with E-state index in [0.717, 1.165) is 36.7 Å². The van der Waals surface area contributed by atoms with Crippen molar-refractivity contribution in [3.63, 3.8) is 0 Å². The van der Waals surface area contributed by atoms with Crippen LogP contribution >= 0.6 is 0 Å². The number of nitrogens with zero attached hydrogens (tertiary/aromatic N) is 2. The van der Waals surface area contributed by atoms with E-state index in [-0.39, 0.29) is 5.82 Å². The lowest BCUT2D eigenvalue weighted by Gasteiger charge is -2.28. The maximum absolute atomic E-state index is 14.8. The summed E-state index contributed by atoms with van der Waals surface area (Å²) in [5, 5.41) is 8.23. The minimum absolute atomic E-state index is 0.217. The second-order valence-corrected chi connectivity index (χ2v) is 9.19. The van der Waals surface area contributed by atoms with E-state index in [1.54, 1.807) is 18.2 Å². The molecule has 0 amide bonds. The number of unbranched alkanes of at least 4 members (excludes halogenated alkanes) is 3. The number of rotatable bonds is 12. The lowest BCUT2D eigenvalue weighted by atomic mass is 9.78. The maximum Gasteiger partial charge on any atom is 0.233 e. The molecule has 3 nitrogen and oxygen atoms in total. The first kappa shape index (κ1) is 23.7. The predicted octanol–water partition coefficient (Wildman–Crippen LogP) is 7.78. The Labute approximate surface area is 187 Å². The highest BCUT2D eigenvalue weighted by Gasteiger charge is 2.20. The summed E-state index contributed by atoms with van der Waals surface area (Å²) < 4.78 is 20.3. The first-order chi connectivity index (χ1) is 15.2. The van der Waals surface area contributed by atoms with E-state index in [2.05, 4.69) is 24.0 Å². The van der Waals surface area contributed by atoms with Gasteiger partial charge in [0.25, 0.3) is 0 Å². The number of halogens is 1. The zero-order chi connectivity index (χ0) is 21.9. The predicted molar refractivity (Wildman–Crippen MR) is 126 cm³/mol. The van der Waals surface area contributed by atoms with Crippen molar-refractivity contribution in [1.29, 1.82) is 0 Å². The van der Waals surface area contributed by atoms with Crippen molar-refractivity contribution in [2.45, 2.75) is 90.9 Å². The van der Waals surface area contributed by atoms with Gasteiger partial charge >= 0.3 is 0 Å². The highest BCUT2D eigenvalue weighted by Crippen LogP contribution is 2.34. The highest BCUT2D eigenvalue weighted by atomic mass is 19.1. The van der Waals surface area contributed by atoms with Gasteiger partial charge in [0.2, 0.25) is 5.88 Å². The Morgan fingerprint density at radius 1 is 0.871 bits per heavy atom. The first-order valence-electron chi connectivity index (χ1n) is 12.4. The summed E-state index contributed by atoms with van der Waals surface area (Å²) in [5.74, 6) is 2.03. The zero-order valence-electron chi connectivity index (χ0n) is 19.4. The molecule has 3 rings (SSSR count). The van der Waals surface area contributed by atoms with Crippen molar-refractivity contribution in [2.75, 3.05) is 6.61 Å². The molecule has 1 aromatic carbocycles. The summed E-state index contributed by atoms with van der Waals surface area (Å²) in [6.45, 7) is 5.03. The van der Waals surface area contributed by atoms with Crippen LogP contribution in [-0.4, -0.2) is 16.8 Å². The third-order valence-corrected chi connectivity index (χ3v) is 6.72. The molecule has 0 spiro atoms. The summed E-state index contributed by atoms with van der Waals surface area (Å²) in [6.07, 6.45) is 15.2. The standard InChI is InChI=1S/C27H39FN2O/c1-3-5-7-8-21-9-11-22(12-10-21)13-14-23-15-16-24(25(28)20-23)26-17-18-27(30-29-26)31-19-6-4-2/h15-18,20-22H,3-14,19H2,1-2H3. The van der Waals surface area contributed by atoms with Crippen LogP contribution in [0.25, 0.3) is 11.3 Å². The molecule has 0 atom stereocenters. The Kier molecular flexibility index (Phi) is 9.77. The molecular weight excluding hydrogens is 387 g/mol. The van der Waals surface area contributed by atoms with E-state index >= 15 is 0 Å². The van der Waals surface area contributed by atoms with Gasteiger partial charge in [-0.2, -0.15) is 0 Å². The van der Waals surface area contributed by atoms with E-state index < -0.39 is 0 Å². The third kappa shape index (κ3) is 7.59. The molecule has 1 heterocycles. The van der Waals surface area contributed by atoms with Crippen molar-refractivity contribution in [2.24, 2.45) is 11.8 Å². The maximum atomic E-state index is 14.8. The van der Waals surface area contributed by atoms with Gasteiger partial charge in [-0.1, -0.05) is 77.7 Å². The van der Waals surface area contributed by atoms with Crippen LogP contribution in [0.3, 0.4) is 0 Å². The Hall–Kier alpha value is -1.97. The van der Waals surface area contributed by atoms with Crippen LogP contribution < -0.4 is 4.74 Å². The minimum Gasteiger partial charge on any atom is -0.477 e. The van der Waals surface area contributed by atoms with Crippen LogP contribution in [0.5, 0.6) is 5.88 Å². The number of hydrogen-bond acceptors (Lipinski definition) is 3. The number of aromatic nitrogens is 2. The van der Waals surface area contributed by atoms with Gasteiger partial charge in [-0.25, -0.2) is 4.39 Å². The fraction of sp³-hybridized carbons (Fsp3) is 0.630. The number of hydrogen-bond donors (Lipinski definition) is 0. The lowest BCUT2D eigenvalue weighted by Crippen LogP contribution is -2.15. The number of aryl methyl sites for hydroxylation is 1. The molecule has 0 saturated heterocycles. The molecule has 1 fully saturated rings. The molecule has 0 aliphatic heterocycles. The zero-order valence-corrected chi connectivity index (χ0v) is 19.4. The quantitative estimate of drug-likeness (QED) is 0.325. The number of ether oxygens (including phenoxy) is 1. The number of benzene rings is 1. The van der Waals surface area contributed by atoms with Crippen LogP contribution in [0.4, 0.5) is 4.39 Å².